The van der Waals surface area contributed by atoms with Crippen LogP contribution in [0.4, 0.5) is 4.39 Å². The van der Waals surface area contributed by atoms with E-state index in [1.54, 1.807) is 37.5 Å². The van der Waals surface area contributed by atoms with E-state index in [1.807, 2.05) is 12.1 Å². The molecular weight excluding hydrogens is 421 g/mol. The summed E-state index contributed by atoms with van der Waals surface area (Å²) in [6.45, 7) is 0. The normalized spacial score (nSPS) is 12.5. The molecule has 1 amide bonds. The van der Waals surface area contributed by atoms with Crippen molar-refractivity contribution in [1.82, 2.24) is 9.88 Å². The van der Waals surface area contributed by atoms with Crippen molar-refractivity contribution < 1.29 is 14.4 Å². The maximum Gasteiger partial charge on any atom is 0.253 e. The summed E-state index contributed by atoms with van der Waals surface area (Å²) < 4.78 is 16.1. The molecule has 1 atom stereocenters. The first-order valence-corrected chi connectivity index (χ1v) is 9.87. The van der Waals surface area contributed by atoms with Crippen LogP contribution in [0.1, 0.15) is 39.4 Å². The van der Waals surface area contributed by atoms with Crippen LogP contribution in [0, 0.1) is 5.82 Å². The maximum absolute atomic E-state index is 14.7. The molecule has 0 aliphatic carbocycles. The highest BCUT2D eigenvalue weighted by atomic mass is 35.5. The molecule has 31 heavy (non-hydrogen) atoms. The van der Waals surface area contributed by atoms with Crippen molar-refractivity contribution in [2.24, 2.45) is 12.2 Å². The Morgan fingerprint density at radius 3 is 2.58 bits per heavy atom. The zero-order valence-electron chi connectivity index (χ0n) is 17.0. The molecule has 0 aliphatic rings. The van der Waals surface area contributed by atoms with E-state index in [1.165, 1.54) is 29.8 Å². The first-order valence-electron chi connectivity index (χ1n) is 9.49. The number of halogens is 2. The van der Waals surface area contributed by atoms with E-state index in [4.69, 9.17) is 11.6 Å². The Morgan fingerprint density at radius 1 is 1.23 bits per heavy atom. The Kier molecular flexibility index (Phi) is 6.87. The lowest BCUT2D eigenvalue weighted by molar-refractivity contribution is 0.0959. The quantitative estimate of drug-likeness (QED) is 0.345. The second-order valence-corrected chi connectivity index (χ2v) is 7.42. The van der Waals surface area contributed by atoms with E-state index in [-0.39, 0.29) is 17.5 Å². The fraction of sp³-hybridized carbons (Fsp3) is 0.174. The zero-order chi connectivity index (χ0) is 22.5. The van der Waals surface area contributed by atoms with Gasteiger partial charge in [0.25, 0.3) is 5.91 Å². The highest BCUT2D eigenvalue weighted by molar-refractivity contribution is 6.31. The lowest BCUT2D eigenvalue weighted by Gasteiger charge is -2.21. The van der Waals surface area contributed by atoms with Crippen molar-refractivity contribution >= 4 is 23.2 Å². The molecule has 1 unspecified atom stereocenters. The molecule has 0 spiro atoms. The van der Waals surface area contributed by atoms with E-state index in [0.29, 0.717) is 27.4 Å². The number of carbonyl (C=O) groups excluding carboxylic acids is 1. The van der Waals surface area contributed by atoms with Gasteiger partial charge in [-0.2, -0.15) is 0 Å². The van der Waals surface area contributed by atoms with Gasteiger partial charge in [-0.25, -0.2) is 4.39 Å². The molecule has 8 heteroatoms. The van der Waals surface area contributed by atoms with E-state index in [0.717, 1.165) is 0 Å². The molecule has 6 nitrogen and oxygen atoms in total. The van der Waals surface area contributed by atoms with Crippen LogP contribution in [0.25, 0.3) is 0 Å². The SMILES string of the molecule is CNC(=O)c1ccc(C(CC(=NO)c2ccc(=O)n(C)c2)c2ccccc2Cl)cc1F. The third-order valence-electron chi connectivity index (χ3n) is 5.09. The van der Waals surface area contributed by atoms with Crippen LogP contribution in [-0.4, -0.2) is 28.4 Å². The van der Waals surface area contributed by atoms with Gasteiger partial charge >= 0.3 is 0 Å². The minimum atomic E-state index is -0.668. The van der Waals surface area contributed by atoms with Gasteiger partial charge in [0.1, 0.15) is 5.82 Å². The first kappa shape index (κ1) is 22.2. The number of hydrogen-bond donors (Lipinski definition) is 2. The van der Waals surface area contributed by atoms with Crippen molar-refractivity contribution in [3.05, 3.63) is 104 Å². The minimum absolute atomic E-state index is 0.0710. The molecule has 0 fully saturated rings. The van der Waals surface area contributed by atoms with Gasteiger partial charge in [-0.15, -0.1) is 0 Å². The lowest BCUT2D eigenvalue weighted by Crippen LogP contribution is -2.20. The number of nitrogens with zero attached hydrogens (tertiary/aromatic N) is 2. The van der Waals surface area contributed by atoms with E-state index >= 15 is 0 Å². The van der Waals surface area contributed by atoms with E-state index in [2.05, 4.69) is 10.5 Å². The summed E-state index contributed by atoms with van der Waals surface area (Å²) in [4.78, 5) is 23.6. The number of nitrogens with one attached hydrogen (secondary N) is 1. The molecule has 3 aromatic rings. The molecule has 0 radical (unpaired) electrons. The van der Waals surface area contributed by atoms with Crippen LogP contribution in [0.2, 0.25) is 5.02 Å². The molecule has 1 aromatic heterocycles. The van der Waals surface area contributed by atoms with Gasteiger partial charge in [0.05, 0.1) is 11.3 Å². The number of pyridine rings is 1. The number of aryl methyl sites for hydroxylation is 1. The van der Waals surface area contributed by atoms with Crippen LogP contribution in [0.5, 0.6) is 0 Å². The predicted molar refractivity (Wildman–Crippen MR) is 118 cm³/mol. The lowest BCUT2D eigenvalue weighted by atomic mass is 9.85. The standard InChI is InChI=1S/C23H21ClFN3O3/c1-26-23(30)17-9-7-14(11-20(17)25)18(16-5-3-4-6-19(16)24)12-21(27-31)15-8-10-22(29)28(2)13-15/h3-11,13,18,31H,12H2,1-2H3,(H,26,30). The van der Waals surface area contributed by atoms with Gasteiger partial charge in [-0.05, 0) is 35.4 Å². The fourth-order valence-electron chi connectivity index (χ4n) is 3.41. The number of aromatic nitrogens is 1. The third kappa shape index (κ3) is 4.83. The van der Waals surface area contributed by atoms with Gasteiger partial charge < -0.3 is 15.1 Å². The van der Waals surface area contributed by atoms with Crippen molar-refractivity contribution in [3.63, 3.8) is 0 Å². The summed E-state index contributed by atoms with van der Waals surface area (Å²) in [7, 11) is 3.03. The molecule has 2 aromatic carbocycles. The summed E-state index contributed by atoms with van der Waals surface area (Å²) in [5, 5.41) is 16.0. The molecule has 0 aliphatic heterocycles. The van der Waals surface area contributed by atoms with Crippen molar-refractivity contribution in [1.29, 1.82) is 0 Å². The Hall–Kier alpha value is -3.45. The van der Waals surface area contributed by atoms with E-state index in [9.17, 15) is 19.2 Å². The van der Waals surface area contributed by atoms with Crippen LogP contribution >= 0.6 is 11.6 Å². The second kappa shape index (κ2) is 9.57. The van der Waals surface area contributed by atoms with E-state index < -0.39 is 17.6 Å². The van der Waals surface area contributed by atoms with Crippen LogP contribution < -0.4 is 10.9 Å². The van der Waals surface area contributed by atoms with Gasteiger partial charge in [0, 0.05) is 49.3 Å². The summed E-state index contributed by atoms with van der Waals surface area (Å²) in [6, 6.07) is 14.4. The van der Waals surface area contributed by atoms with Gasteiger partial charge in [-0.3, -0.25) is 9.59 Å². The summed E-state index contributed by atoms with van der Waals surface area (Å²) in [5.74, 6) is -1.66. The maximum atomic E-state index is 14.7. The summed E-state index contributed by atoms with van der Waals surface area (Å²) >= 11 is 6.43. The van der Waals surface area contributed by atoms with Crippen LogP contribution in [0.15, 0.2) is 70.7 Å². The second-order valence-electron chi connectivity index (χ2n) is 7.01. The van der Waals surface area contributed by atoms with Crippen molar-refractivity contribution in [3.8, 4) is 0 Å². The molecule has 0 saturated heterocycles. The Labute approximate surface area is 183 Å². The number of rotatable bonds is 6. The first-order chi connectivity index (χ1) is 14.8. The van der Waals surface area contributed by atoms with Crippen molar-refractivity contribution in [2.45, 2.75) is 12.3 Å². The average molecular weight is 442 g/mol. The average Bonchev–Trinajstić information content (AvgIpc) is 2.77. The minimum Gasteiger partial charge on any atom is -0.411 e. The van der Waals surface area contributed by atoms with Gasteiger partial charge in [0.2, 0.25) is 5.56 Å². The largest absolute Gasteiger partial charge is 0.411 e. The number of amides is 1. The van der Waals surface area contributed by atoms with Gasteiger partial charge in [-0.1, -0.05) is 41.0 Å². The summed E-state index contributed by atoms with van der Waals surface area (Å²) in [6.07, 6.45) is 1.74. The topological polar surface area (TPSA) is 83.7 Å². The fourth-order valence-corrected chi connectivity index (χ4v) is 3.67. The number of benzene rings is 2. The molecule has 0 bridgehead atoms. The van der Waals surface area contributed by atoms with Crippen molar-refractivity contribution in [2.75, 3.05) is 7.05 Å². The zero-order valence-corrected chi connectivity index (χ0v) is 17.7. The summed E-state index contributed by atoms with van der Waals surface area (Å²) in [5.41, 5.74) is 1.85. The molecule has 3 rings (SSSR count). The van der Waals surface area contributed by atoms with Crippen LogP contribution in [-0.2, 0) is 7.05 Å². The smallest absolute Gasteiger partial charge is 0.253 e. The number of oxime groups is 1. The monoisotopic (exact) mass is 441 g/mol. The Morgan fingerprint density at radius 2 is 1.97 bits per heavy atom. The molecule has 2 N–H and O–H groups in total. The number of carbonyl (C=O) groups is 1. The van der Waals surface area contributed by atoms with Crippen LogP contribution in [0.3, 0.4) is 0 Å². The number of hydrogen-bond acceptors (Lipinski definition) is 4. The Bertz CT molecular complexity index is 1210. The highest BCUT2D eigenvalue weighted by Crippen LogP contribution is 2.34. The molecule has 160 valence electrons. The molecular formula is C23H21ClFN3O3. The van der Waals surface area contributed by atoms with Gasteiger partial charge in [0.15, 0.2) is 0 Å². The predicted octanol–water partition coefficient (Wildman–Crippen LogP) is 3.94. The molecule has 1 heterocycles. The Balaban J connectivity index is 2.08. The third-order valence-corrected chi connectivity index (χ3v) is 5.43. The molecule has 0 saturated carbocycles. The highest BCUT2D eigenvalue weighted by Gasteiger charge is 2.23.